The third kappa shape index (κ3) is 4.82. The van der Waals surface area contributed by atoms with Crippen molar-refractivity contribution in [3.05, 3.63) is 47.5 Å². The van der Waals surface area contributed by atoms with Crippen LogP contribution in [0.1, 0.15) is 78.1 Å². The molecule has 3 fully saturated rings. The first-order valence-electron chi connectivity index (χ1n) is 13.8. The van der Waals surface area contributed by atoms with Gasteiger partial charge in [0.1, 0.15) is 6.10 Å². The molecule has 0 N–H and O–H groups in total. The molecule has 0 spiro atoms. The van der Waals surface area contributed by atoms with E-state index in [1.54, 1.807) is 0 Å². The molecular weight excluding hydrogens is 448 g/mol. The van der Waals surface area contributed by atoms with Crippen molar-refractivity contribution in [1.29, 1.82) is 0 Å². The molecule has 0 heterocycles. The quantitative estimate of drug-likeness (QED) is 0.226. The van der Waals surface area contributed by atoms with Gasteiger partial charge in [0, 0.05) is 12.5 Å². The Kier molecular flexibility index (Phi) is 7.22. The van der Waals surface area contributed by atoms with Crippen molar-refractivity contribution in [1.82, 2.24) is 0 Å². The van der Waals surface area contributed by atoms with Crippen LogP contribution < -0.4 is 0 Å². The minimum absolute atomic E-state index is 0.0120. The lowest BCUT2D eigenvalue weighted by molar-refractivity contribution is -0.0955. The van der Waals surface area contributed by atoms with E-state index in [4.69, 9.17) is 9.16 Å². The van der Waals surface area contributed by atoms with Crippen LogP contribution >= 0.6 is 0 Å². The first kappa shape index (κ1) is 26.7. The minimum atomic E-state index is -1.87. The lowest BCUT2D eigenvalue weighted by Gasteiger charge is -2.54. The molecule has 8 atom stereocenters. The molecule has 4 heteroatoms. The number of allylic oxidation sites excluding steroid dienone is 2. The molecule has 1 aromatic carbocycles. The Morgan fingerprint density at radius 1 is 1.14 bits per heavy atom. The van der Waals surface area contributed by atoms with Gasteiger partial charge in [0.15, 0.2) is 8.32 Å². The maximum atomic E-state index is 13.1. The van der Waals surface area contributed by atoms with Gasteiger partial charge in [0.25, 0.3) is 0 Å². The van der Waals surface area contributed by atoms with E-state index in [0.29, 0.717) is 41.1 Å². The normalized spacial score (nSPS) is 37.3. The summed E-state index contributed by atoms with van der Waals surface area (Å²) in [5, 5.41) is 0.199. The van der Waals surface area contributed by atoms with Gasteiger partial charge in [-0.1, -0.05) is 64.5 Å². The fraction of sp³-hybridized carbons (Fsp3) is 0.710. The van der Waals surface area contributed by atoms with E-state index in [1.165, 1.54) is 12.0 Å². The van der Waals surface area contributed by atoms with Crippen LogP contribution in [0.2, 0.25) is 18.1 Å². The second-order valence-electron chi connectivity index (χ2n) is 13.6. The van der Waals surface area contributed by atoms with Crippen molar-refractivity contribution >= 4 is 14.3 Å². The molecular formula is C31H48O3Si. The van der Waals surface area contributed by atoms with Crippen LogP contribution in [0, 0.1) is 40.9 Å². The highest BCUT2D eigenvalue weighted by molar-refractivity contribution is 6.74. The van der Waals surface area contributed by atoms with Gasteiger partial charge in [-0.3, -0.25) is 0 Å². The summed E-state index contributed by atoms with van der Waals surface area (Å²) in [5.74, 6) is 3.08. The molecule has 0 saturated heterocycles. The molecule has 0 unspecified atom stereocenters. The fourth-order valence-corrected chi connectivity index (χ4v) is 8.46. The Labute approximate surface area is 215 Å². The van der Waals surface area contributed by atoms with Crippen LogP contribution in [-0.4, -0.2) is 27.0 Å². The molecule has 0 aromatic heterocycles. The van der Waals surface area contributed by atoms with Gasteiger partial charge in [-0.25, -0.2) is 4.79 Å². The maximum Gasteiger partial charge on any atom is 0.338 e. The highest BCUT2D eigenvalue weighted by atomic mass is 28.4. The molecule has 35 heavy (non-hydrogen) atoms. The number of hydrogen-bond donors (Lipinski definition) is 0. The molecule has 0 radical (unpaired) electrons. The molecule has 0 amide bonds. The highest BCUT2D eigenvalue weighted by Crippen LogP contribution is 2.73. The maximum absolute atomic E-state index is 13.1. The number of fused-ring (bicyclic) bond motifs is 3. The summed E-state index contributed by atoms with van der Waals surface area (Å²) in [5.41, 5.74) is 2.47. The lowest BCUT2D eigenvalue weighted by atomic mass is 9.53. The molecule has 194 valence electrons. The average Bonchev–Trinajstić information content (AvgIpc) is 3.50. The molecule has 0 aliphatic heterocycles. The SMILES string of the molecule is CC=C(C)[C@H]1[C@@H](CO[Si](C)(C)C(C)(C)C)[C@H]2[C@H]([C@@H](OC(=O)c3ccccc3)CC[C@@H]2C)[C@H]2C[C@]21C. The van der Waals surface area contributed by atoms with Crippen LogP contribution in [0.3, 0.4) is 0 Å². The van der Waals surface area contributed by atoms with Crippen molar-refractivity contribution in [3.63, 3.8) is 0 Å². The van der Waals surface area contributed by atoms with Gasteiger partial charge in [0.2, 0.25) is 0 Å². The second kappa shape index (κ2) is 9.48. The Bertz CT molecular complexity index is 946. The van der Waals surface area contributed by atoms with Crippen molar-refractivity contribution < 1.29 is 14.0 Å². The first-order chi connectivity index (χ1) is 16.3. The molecule has 4 rings (SSSR count). The van der Waals surface area contributed by atoms with Crippen LogP contribution in [-0.2, 0) is 9.16 Å². The Morgan fingerprint density at radius 3 is 2.40 bits per heavy atom. The highest BCUT2D eigenvalue weighted by Gasteiger charge is 2.69. The molecule has 1 aromatic rings. The molecule has 3 nitrogen and oxygen atoms in total. The van der Waals surface area contributed by atoms with E-state index in [2.05, 4.69) is 67.6 Å². The predicted octanol–water partition coefficient (Wildman–Crippen LogP) is 8.13. The molecule has 3 aliphatic carbocycles. The Hall–Kier alpha value is -1.39. The molecule has 3 saturated carbocycles. The predicted molar refractivity (Wildman–Crippen MR) is 147 cm³/mol. The Balaban J connectivity index is 1.65. The number of hydrogen-bond acceptors (Lipinski definition) is 3. The average molecular weight is 497 g/mol. The summed E-state index contributed by atoms with van der Waals surface area (Å²) < 4.78 is 13.3. The van der Waals surface area contributed by atoms with Crippen LogP contribution in [0.4, 0.5) is 0 Å². The summed E-state index contributed by atoms with van der Waals surface area (Å²) in [6, 6.07) is 9.52. The zero-order valence-corrected chi connectivity index (χ0v) is 24.6. The van der Waals surface area contributed by atoms with E-state index >= 15 is 0 Å². The van der Waals surface area contributed by atoms with Crippen molar-refractivity contribution in [2.75, 3.05) is 6.61 Å². The summed E-state index contributed by atoms with van der Waals surface area (Å²) in [4.78, 5) is 13.1. The van der Waals surface area contributed by atoms with Crippen LogP contribution in [0.25, 0.3) is 0 Å². The summed E-state index contributed by atoms with van der Waals surface area (Å²) in [6.45, 7) is 22.1. The lowest BCUT2D eigenvalue weighted by Crippen LogP contribution is -2.54. The molecule has 0 bridgehead atoms. The van der Waals surface area contributed by atoms with E-state index in [9.17, 15) is 4.79 Å². The summed E-state index contributed by atoms with van der Waals surface area (Å²) >= 11 is 0. The monoisotopic (exact) mass is 496 g/mol. The van der Waals surface area contributed by atoms with Gasteiger partial charge in [-0.2, -0.15) is 0 Å². The van der Waals surface area contributed by atoms with Crippen molar-refractivity contribution in [2.45, 2.75) is 92.0 Å². The standard InChI is InChI=1S/C31H48O3Si/c1-10-20(2)28-23(19-33-35(8,9)30(4,5)6)26-21(3)16-17-25(27(26)24-18-31(24,28)7)34-29(32)22-14-12-11-13-15-22/h10-15,21,23-28H,16-19H2,1-9H3/t21-,23-,24+,25-,26-,27-,28-,31+/m0/s1. The number of carbonyl (C=O) groups is 1. The Morgan fingerprint density at radius 2 is 1.80 bits per heavy atom. The smallest absolute Gasteiger partial charge is 0.338 e. The molecule has 3 aliphatic rings. The minimum Gasteiger partial charge on any atom is -0.458 e. The van der Waals surface area contributed by atoms with Crippen LogP contribution in [0.15, 0.2) is 42.0 Å². The van der Waals surface area contributed by atoms with Crippen molar-refractivity contribution in [2.24, 2.45) is 40.9 Å². The zero-order valence-electron chi connectivity index (χ0n) is 23.6. The van der Waals surface area contributed by atoms with Gasteiger partial charge < -0.3 is 9.16 Å². The number of rotatable bonds is 6. The van der Waals surface area contributed by atoms with E-state index < -0.39 is 8.32 Å². The largest absolute Gasteiger partial charge is 0.458 e. The van der Waals surface area contributed by atoms with Crippen molar-refractivity contribution in [3.8, 4) is 0 Å². The van der Waals surface area contributed by atoms with E-state index in [-0.39, 0.29) is 22.5 Å². The topological polar surface area (TPSA) is 35.5 Å². The number of benzene rings is 1. The number of carbonyl (C=O) groups excluding carboxylic acids is 1. The summed E-state index contributed by atoms with van der Waals surface area (Å²) in [6.07, 6.45) is 5.70. The fourth-order valence-electron chi connectivity index (χ4n) is 7.42. The number of esters is 1. The van der Waals surface area contributed by atoms with E-state index in [1.807, 2.05) is 30.3 Å². The van der Waals surface area contributed by atoms with Gasteiger partial charge in [-0.05, 0) is 98.4 Å². The van der Waals surface area contributed by atoms with Gasteiger partial charge >= 0.3 is 5.97 Å². The summed E-state index contributed by atoms with van der Waals surface area (Å²) in [7, 11) is -1.87. The van der Waals surface area contributed by atoms with Gasteiger partial charge in [0.05, 0.1) is 5.56 Å². The third-order valence-electron chi connectivity index (χ3n) is 10.5. The number of ether oxygens (including phenoxy) is 1. The van der Waals surface area contributed by atoms with Crippen LogP contribution in [0.5, 0.6) is 0 Å². The first-order valence-corrected chi connectivity index (χ1v) is 16.8. The zero-order chi connectivity index (χ0) is 25.8. The van der Waals surface area contributed by atoms with Gasteiger partial charge in [-0.15, -0.1) is 0 Å². The second-order valence-corrected chi connectivity index (χ2v) is 18.4. The van der Waals surface area contributed by atoms with E-state index in [0.717, 1.165) is 19.4 Å². The third-order valence-corrected chi connectivity index (χ3v) is 15.0.